The first-order valence-corrected chi connectivity index (χ1v) is 8.65. The maximum atomic E-state index is 12.8. The topological polar surface area (TPSA) is 87.3 Å². The summed E-state index contributed by atoms with van der Waals surface area (Å²) in [6.45, 7) is 3.34. The molecule has 2 aromatic rings. The molecule has 1 saturated heterocycles. The maximum absolute atomic E-state index is 12.8. The van der Waals surface area contributed by atoms with Gasteiger partial charge in [0.1, 0.15) is 5.69 Å². The summed E-state index contributed by atoms with van der Waals surface area (Å²) in [6.07, 6.45) is 0. The summed E-state index contributed by atoms with van der Waals surface area (Å²) in [5, 5.41) is 9.76. The SMILES string of the molecule is CNC(=O)C1CN(C(=O)c2cc(-c3ccc(C)cc3)n[nH]2)CC1COC. The zero-order valence-corrected chi connectivity index (χ0v) is 15.3. The zero-order chi connectivity index (χ0) is 18.7. The van der Waals surface area contributed by atoms with E-state index >= 15 is 0 Å². The number of aryl methyl sites for hydroxylation is 1. The quantitative estimate of drug-likeness (QED) is 0.849. The molecule has 1 fully saturated rings. The van der Waals surface area contributed by atoms with E-state index in [2.05, 4.69) is 15.5 Å². The van der Waals surface area contributed by atoms with Gasteiger partial charge in [0.25, 0.3) is 5.91 Å². The van der Waals surface area contributed by atoms with Gasteiger partial charge in [0.2, 0.25) is 5.91 Å². The number of likely N-dealkylation sites (tertiary alicyclic amines) is 1. The van der Waals surface area contributed by atoms with Crippen LogP contribution in [0.15, 0.2) is 30.3 Å². The Hall–Kier alpha value is -2.67. The Balaban J connectivity index is 1.75. The molecule has 2 unspecified atom stereocenters. The number of methoxy groups -OCH3 is 1. The van der Waals surface area contributed by atoms with Gasteiger partial charge >= 0.3 is 0 Å². The van der Waals surface area contributed by atoms with Gasteiger partial charge in [-0.2, -0.15) is 5.10 Å². The molecule has 1 aromatic heterocycles. The molecule has 1 aliphatic heterocycles. The third-order valence-electron chi connectivity index (χ3n) is 4.85. The van der Waals surface area contributed by atoms with E-state index in [1.54, 1.807) is 25.1 Å². The Kier molecular flexibility index (Phi) is 5.37. The third-order valence-corrected chi connectivity index (χ3v) is 4.85. The molecule has 0 spiro atoms. The maximum Gasteiger partial charge on any atom is 0.271 e. The number of aromatic amines is 1. The number of hydrogen-bond acceptors (Lipinski definition) is 4. The van der Waals surface area contributed by atoms with Gasteiger partial charge in [-0.3, -0.25) is 14.7 Å². The van der Waals surface area contributed by atoms with Gasteiger partial charge in [-0.25, -0.2) is 0 Å². The second kappa shape index (κ2) is 7.70. The van der Waals surface area contributed by atoms with Gasteiger partial charge in [-0.05, 0) is 13.0 Å². The van der Waals surface area contributed by atoms with Gasteiger partial charge in [0.05, 0.1) is 18.2 Å². The number of aromatic nitrogens is 2. The predicted molar refractivity (Wildman–Crippen MR) is 97.6 cm³/mol. The number of nitrogens with one attached hydrogen (secondary N) is 2. The number of nitrogens with zero attached hydrogens (tertiary/aromatic N) is 2. The minimum absolute atomic E-state index is 0.0107. The van der Waals surface area contributed by atoms with Crippen LogP contribution in [0.3, 0.4) is 0 Å². The van der Waals surface area contributed by atoms with E-state index in [0.29, 0.717) is 25.4 Å². The van der Waals surface area contributed by atoms with Gasteiger partial charge < -0.3 is 15.0 Å². The molecule has 2 heterocycles. The van der Waals surface area contributed by atoms with Crippen molar-refractivity contribution in [3.63, 3.8) is 0 Å². The van der Waals surface area contributed by atoms with Crippen molar-refractivity contribution >= 4 is 11.8 Å². The Morgan fingerprint density at radius 2 is 2.04 bits per heavy atom. The highest BCUT2D eigenvalue weighted by molar-refractivity contribution is 5.94. The number of carbonyl (C=O) groups excluding carboxylic acids is 2. The van der Waals surface area contributed by atoms with Crippen LogP contribution in [-0.2, 0) is 9.53 Å². The van der Waals surface area contributed by atoms with E-state index in [-0.39, 0.29) is 23.7 Å². The zero-order valence-electron chi connectivity index (χ0n) is 15.3. The second-order valence-electron chi connectivity index (χ2n) is 6.68. The van der Waals surface area contributed by atoms with Crippen molar-refractivity contribution in [2.75, 3.05) is 33.9 Å². The summed E-state index contributed by atoms with van der Waals surface area (Å²) in [5.74, 6) is -0.484. The summed E-state index contributed by atoms with van der Waals surface area (Å²) in [5.41, 5.74) is 3.27. The first kappa shape index (κ1) is 18.1. The smallest absolute Gasteiger partial charge is 0.271 e. The van der Waals surface area contributed by atoms with Crippen LogP contribution in [0.5, 0.6) is 0 Å². The van der Waals surface area contributed by atoms with Crippen LogP contribution in [0.25, 0.3) is 11.3 Å². The fourth-order valence-corrected chi connectivity index (χ4v) is 3.38. The highest BCUT2D eigenvalue weighted by Gasteiger charge is 2.39. The molecular formula is C19H24N4O3. The average molecular weight is 356 g/mol. The minimum atomic E-state index is -0.261. The molecule has 3 rings (SSSR count). The van der Waals surface area contributed by atoms with Crippen LogP contribution in [0.4, 0.5) is 0 Å². The summed E-state index contributed by atoms with van der Waals surface area (Å²) in [7, 11) is 3.22. The molecule has 0 bridgehead atoms. The minimum Gasteiger partial charge on any atom is -0.384 e. The van der Waals surface area contributed by atoms with Crippen molar-refractivity contribution in [1.82, 2.24) is 20.4 Å². The summed E-state index contributed by atoms with van der Waals surface area (Å²) >= 11 is 0. The van der Waals surface area contributed by atoms with Gasteiger partial charge in [-0.1, -0.05) is 29.8 Å². The van der Waals surface area contributed by atoms with Crippen molar-refractivity contribution in [1.29, 1.82) is 0 Å². The summed E-state index contributed by atoms with van der Waals surface area (Å²) in [6, 6.07) is 9.73. The van der Waals surface area contributed by atoms with Gasteiger partial charge in [-0.15, -0.1) is 0 Å². The van der Waals surface area contributed by atoms with E-state index < -0.39 is 0 Å². The fraction of sp³-hybridized carbons (Fsp3) is 0.421. The highest BCUT2D eigenvalue weighted by Crippen LogP contribution is 2.26. The Bertz CT molecular complexity index is 784. The van der Waals surface area contributed by atoms with Crippen LogP contribution in [0.1, 0.15) is 16.1 Å². The molecule has 0 saturated carbocycles. The van der Waals surface area contributed by atoms with Crippen molar-refractivity contribution in [3.8, 4) is 11.3 Å². The lowest BCUT2D eigenvalue weighted by Gasteiger charge is -2.14. The molecule has 2 N–H and O–H groups in total. The number of ether oxygens (including phenoxy) is 1. The average Bonchev–Trinajstić information content (AvgIpc) is 3.29. The first-order valence-electron chi connectivity index (χ1n) is 8.65. The van der Waals surface area contributed by atoms with Crippen LogP contribution >= 0.6 is 0 Å². The normalized spacial score (nSPS) is 19.6. The lowest BCUT2D eigenvalue weighted by atomic mass is 9.96. The van der Waals surface area contributed by atoms with Crippen LogP contribution in [0.2, 0.25) is 0 Å². The van der Waals surface area contributed by atoms with Crippen molar-refractivity contribution in [3.05, 3.63) is 41.6 Å². The lowest BCUT2D eigenvalue weighted by Crippen LogP contribution is -2.34. The van der Waals surface area contributed by atoms with Crippen molar-refractivity contribution < 1.29 is 14.3 Å². The molecule has 138 valence electrons. The van der Waals surface area contributed by atoms with Crippen LogP contribution in [-0.4, -0.2) is 60.8 Å². The van der Waals surface area contributed by atoms with E-state index in [0.717, 1.165) is 11.3 Å². The standard InChI is InChI=1S/C19H24N4O3/c1-12-4-6-13(7-5-12)16-8-17(22-21-16)19(25)23-9-14(11-26-3)15(10-23)18(24)20-2/h4-8,14-15H,9-11H2,1-3H3,(H,20,24)(H,21,22). The van der Waals surface area contributed by atoms with Crippen LogP contribution < -0.4 is 5.32 Å². The molecule has 7 heteroatoms. The van der Waals surface area contributed by atoms with E-state index in [9.17, 15) is 9.59 Å². The number of amides is 2. The highest BCUT2D eigenvalue weighted by atomic mass is 16.5. The summed E-state index contributed by atoms with van der Waals surface area (Å²) < 4.78 is 5.22. The molecule has 1 aliphatic rings. The predicted octanol–water partition coefficient (Wildman–Crippen LogP) is 1.47. The molecule has 0 radical (unpaired) electrons. The van der Waals surface area contributed by atoms with E-state index in [4.69, 9.17) is 4.74 Å². The van der Waals surface area contributed by atoms with E-state index in [1.807, 2.05) is 31.2 Å². The molecule has 1 aromatic carbocycles. The molecule has 2 atom stereocenters. The van der Waals surface area contributed by atoms with Crippen molar-refractivity contribution in [2.24, 2.45) is 11.8 Å². The lowest BCUT2D eigenvalue weighted by molar-refractivity contribution is -0.125. The van der Waals surface area contributed by atoms with Crippen molar-refractivity contribution in [2.45, 2.75) is 6.92 Å². The molecule has 7 nitrogen and oxygen atoms in total. The van der Waals surface area contributed by atoms with E-state index in [1.165, 1.54) is 5.56 Å². The molecule has 2 amide bonds. The van der Waals surface area contributed by atoms with Gasteiger partial charge in [0.15, 0.2) is 0 Å². The molecule has 26 heavy (non-hydrogen) atoms. The number of H-pyrrole nitrogens is 1. The Morgan fingerprint density at radius 3 is 2.69 bits per heavy atom. The number of rotatable bonds is 5. The fourth-order valence-electron chi connectivity index (χ4n) is 3.38. The number of carbonyl (C=O) groups is 2. The Morgan fingerprint density at radius 1 is 1.31 bits per heavy atom. The largest absolute Gasteiger partial charge is 0.384 e. The number of hydrogen-bond donors (Lipinski definition) is 2. The summed E-state index contributed by atoms with van der Waals surface area (Å²) in [4.78, 5) is 26.6. The second-order valence-corrected chi connectivity index (χ2v) is 6.68. The van der Waals surface area contributed by atoms with Gasteiger partial charge in [0, 0.05) is 38.7 Å². The monoisotopic (exact) mass is 356 g/mol. The van der Waals surface area contributed by atoms with Crippen LogP contribution in [0, 0.1) is 18.8 Å². The molecular weight excluding hydrogens is 332 g/mol. The number of benzene rings is 1. The Labute approximate surface area is 152 Å². The molecule has 0 aliphatic carbocycles. The third kappa shape index (κ3) is 3.62. The first-order chi connectivity index (χ1) is 12.5.